The van der Waals surface area contributed by atoms with Crippen LogP contribution in [0.1, 0.15) is 46.0 Å². The SMILES string of the molecule is CC(C)CCNC(=O)CN(Cc1ccc(F)cc1)C(=O)c1snc(C(N)=O)c1N. The first-order valence-corrected chi connectivity index (χ1v) is 9.81. The molecular formula is C19H24FN5O3S. The molecular weight excluding hydrogens is 397 g/mol. The molecule has 0 aliphatic carbocycles. The summed E-state index contributed by atoms with van der Waals surface area (Å²) >= 11 is 0.744. The van der Waals surface area contributed by atoms with Gasteiger partial charge in [0, 0.05) is 13.1 Å². The van der Waals surface area contributed by atoms with E-state index in [-0.39, 0.29) is 35.3 Å². The molecule has 2 rings (SSSR count). The number of primary amides is 1. The van der Waals surface area contributed by atoms with Gasteiger partial charge >= 0.3 is 0 Å². The van der Waals surface area contributed by atoms with Crippen molar-refractivity contribution in [1.82, 2.24) is 14.6 Å². The van der Waals surface area contributed by atoms with Crippen LogP contribution in [0.5, 0.6) is 0 Å². The van der Waals surface area contributed by atoms with Crippen molar-refractivity contribution in [3.63, 3.8) is 0 Å². The molecule has 0 bridgehead atoms. The second-order valence-electron chi connectivity index (χ2n) is 6.96. The number of rotatable bonds is 9. The van der Waals surface area contributed by atoms with Crippen LogP contribution in [0.4, 0.5) is 10.1 Å². The summed E-state index contributed by atoms with van der Waals surface area (Å²) in [6.07, 6.45) is 0.807. The number of hydrogen-bond acceptors (Lipinski definition) is 6. The third-order valence-corrected chi connectivity index (χ3v) is 4.96. The Kier molecular flexibility index (Phi) is 7.66. The summed E-state index contributed by atoms with van der Waals surface area (Å²) < 4.78 is 17.0. The Morgan fingerprint density at radius 3 is 2.45 bits per heavy atom. The van der Waals surface area contributed by atoms with E-state index in [1.54, 1.807) is 0 Å². The third kappa shape index (κ3) is 6.24. The van der Waals surface area contributed by atoms with Crippen LogP contribution in [-0.2, 0) is 11.3 Å². The molecule has 1 heterocycles. The van der Waals surface area contributed by atoms with Crippen molar-refractivity contribution in [2.75, 3.05) is 18.8 Å². The first kappa shape index (κ1) is 22.3. The Morgan fingerprint density at radius 1 is 1.24 bits per heavy atom. The largest absolute Gasteiger partial charge is 0.395 e. The Labute approximate surface area is 172 Å². The van der Waals surface area contributed by atoms with Gasteiger partial charge in [0.15, 0.2) is 5.69 Å². The van der Waals surface area contributed by atoms with Crippen molar-refractivity contribution >= 4 is 34.9 Å². The number of nitrogens with zero attached hydrogens (tertiary/aromatic N) is 2. The summed E-state index contributed by atoms with van der Waals surface area (Å²) in [5.74, 6) is -1.71. The van der Waals surface area contributed by atoms with Crippen LogP contribution >= 0.6 is 11.5 Å². The third-order valence-electron chi connectivity index (χ3n) is 4.11. The van der Waals surface area contributed by atoms with Gasteiger partial charge in [-0.05, 0) is 41.6 Å². The lowest BCUT2D eigenvalue weighted by molar-refractivity contribution is -0.121. The van der Waals surface area contributed by atoms with E-state index in [0.29, 0.717) is 18.0 Å². The van der Waals surface area contributed by atoms with E-state index in [2.05, 4.69) is 9.69 Å². The highest BCUT2D eigenvalue weighted by atomic mass is 32.1. The van der Waals surface area contributed by atoms with Gasteiger partial charge in [0.1, 0.15) is 17.2 Å². The molecule has 0 fully saturated rings. The quantitative estimate of drug-likeness (QED) is 0.568. The maximum absolute atomic E-state index is 13.2. The monoisotopic (exact) mass is 421 g/mol. The number of anilines is 1. The van der Waals surface area contributed by atoms with Crippen molar-refractivity contribution in [3.8, 4) is 0 Å². The number of benzene rings is 1. The minimum Gasteiger partial charge on any atom is -0.395 e. The number of halogens is 1. The molecule has 2 aromatic rings. The number of nitrogens with two attached hydrogens (primary N) is 2. The predicted octanol–water partition coefficient (Wildman–Crippen LogP) is 1.77. The van der Waals surface area contributed by atoms with E-state index < -0.39 is 17.6 Å². The lowest BCUT2D eigenvalue weighted by Gasteiger charge is -2.22. The van der Waals surface area contributed by atoms with Crippen LogP contribution in [-0.4, -0.2) is 40.1 Å². The van der Waals surface area contributed by atoms with Crippen molar-refractivity contribution in [3.05, 3.63) is 46.2 Å². The van der Waals surface area contributed by atoms with Crippen molar-refractivity contribution in [1.29, 1.82) is 0 Å². The van der Waals surface area contributed by atoms with Crippen LogP contribution < -0.4 is 16.8 Å². The molecule has 1 aromatic heterocycles. The molecule has 0 unspecified atom stereocenters. The van der Waals surface area contributed by atoms with Gasteiger partial charge in [-0.1, -0.05) is 26.0 Å². The Morgan fingerprint density at radius 2 is 1.90 bits per heavy atom. The molecule has 5 N–H and O–H groups in total. The normalized spacial score (nSPS) is 10.8. The minimum absolute atomic E-state index is 0.0240. The topological polar surface area (TPSA) is 131 Å². The molecule has 156 valence electrons. The number of carbonyl (C=O) groups is 3. The molecule has 0 aliphatic heterocycles. The van der Waals surface area contributed by atoms with Crippen LogP contribution in [0.2, 0.25) is 0 Å². The lowest BCUT2D eigenvalue weighted by Crippen LogP contribution is -2.40. The maximum Gasteiger partial charge on any atom is 0.270 e. The van der Waals surface area contributed by atoms with Gasteiger partial charge in [-0.15, -0.1) is 0 Å². The van der Waals surface area contributed by atoms with Crippen LogP contribution in [0.3, 0.4) is 0 Å². The molecule has 10 heteroatoms. The number of nitrogens with one attached hydrogen (secondary N) is 1. The van der Waals surface area contributed by atoms with Crippen molar-refractivity contribution < 1.29 is 18.8 Å². The van der Waals surface area contributed by atoms with E-state index in [1.165, 1.54) is 29.2 Å². The fourth-order valence-corrected chi connectivity index (χ4v) is 3.29. The van der Waals surface area contributed by atoms with E-state index in [4.69, 9.17) is 11.5 Å². The zero-order valence-electron chi connectivity index (χ0n) is 16.3. The Hall–Kier alpha value is -3.01. The van der Waals surface area contributed by atoms with Gasteiger partial charge in [0.05, 0.1) is 5.69 Å². The average molecular weight is 421 g/mol. The summed E-state index contributed by atoms with van der Waals surface area (Å²) in [4.78, 5) is 38.0. The summed E-state index contributed by atoms with van der Waals surface area (Å²) in [6.45, 7) is 4.40. The first-order chi connectivity index (χ1) is 13.7. The fourth-order valence-electron chi connectivity index (χ4n) is 2.51. The van der Waals surface area contributed by atoms with Gasteiger partial charge in [-0.25, -0.2) is 4.39 Å². The molecule has 0 radical (unpaired) electrons. The van der Waals surface area contributed by atoms with Crippen molar-refractivity contribution in [2.24, 2.45) is 11.7 Å². The Bertz CT molecular complexity index is 882. The number of hydrogen-bond donors (Lipinski definition) is 3. The summed E-state index contributed by atoms with van der Waals surface area (Å²) in [6, 6.07) is 5.59. The zero-order chi connectivity index (χ0) is 21.6. The van der Waals surface area contributed by atoms with E-state index >= 15 is 0 Å². The van der Waals surface area contributed by atoms with E-state index in [1.807, 2.05) is 13.8 Å². The average Bonchev–Trinajstić information content (AvgIpc) is 3.03. The molecule has 0 spiro atoms. The zero-order valence-corrected chi connectivity index (χ0v) is 17.1. The van der Waals surface area contributed by atoms with Crippen LogP contribution in [0.15, 0.2) is 24.3 Å². The number of nitrogen functional groups attached to an aromatic ring is 1. The van der Waals surface area contributed by atoms with Crippen LogP contribution in [0.25, 0.3) is 0 Å². The highest BCUT2D eigenvalue weighted by molar-refractivity contribution is 7.09. The number of carbonyl (C=O) groups excluding carboxylic acids is 3. The van der Waals surface area contributed by atoms with Crippen LogP contribution in [0, 0.1) is 11.7 Å². The molecule has 8 nitrogen and oxygen atoms in total. The molecule has 0 saturated carbocycles. The molecule has 29 heavy (non-hydrogen) atoms. The molecule has 0 atom stereocenters. The number of amides is 3. The first-order valence-electron chi connectivity index (χ1n) is 9.04. The molecule has 0 aliphatic rings. The highest BCUT2D eigenvalue weighted by Crippen LogP contribution is 2.24. The second kappa shape index (κ2) is 9.97. The molecule has 1 aromatic carbocycles. The van der Waals surface area contributed by atoms with Gasteiger partial charge in [0.2, 0.25) is 5.91 Å². The summed E-state index contributed by atoms with van der Waals surface area (Å²) in [5, 5.41) is 2.77. The highest BCUT2D eigenvalue weighted by Gasteiger charge is 2.26. The van der Waals surface area contributed by atoms with Gasteiger partial charge in [0.25, 0.3) is 11.8 Å². The van der Waals surface area contributed by atoms with Gasteiger partial charge in [-0.3, -0.25) is 14.4 Å². The predicted molar refractivity (Wildman–Crippen MR) is 109 cm³/mol. The Balaban J connectivity index is 2.21. The number of aromatic nitrogens is 1. The standard InChI is InChI=1S/C19H24FN5O3S/c1-11(2)7-8-23-14(26)10-25(9-12-3-5-13(20)6-4-12)19(28)17-15(21)16(18(22)27)24-29-17/h3-6,11H,7-10,21H2,1-2H3,(H2,22,27)(H,23,26). The maximum atomic E-state index is 13.2. The fraction of sp³-hybridized carbons (Fsp3) is 0.368. The van der Waals surface area contributed by atoms with Gasteiger partial charge in [-0.2, -0.15) is 4.37 Å². The smallest absolute Gasteiger partial charge is 0.270 e. The molecule has 0 saturated heterocycles. The van der Waals surface area contributed by atoms with Crippen molar-refractivity contribution in [2.45, 2.75) is 26.8 Å². The summed E-state index contributed by atoms with van der Waals surface area (Å²) in [5.41, 5.74) is 11.4. The van der Waals surface area contributed by atoms with Gasteiger partial charge < -0.3 is 21.7 Å². The minimum atomic E-state index is -0.839. The van der Waals surface area contributed by atoms with E-state index in [9.17, 15) is 18.8 Å². The second-order valence-corrected chi connectivity index (χ2v) is 7.73. The lowest BCUT2D eigenvalue weighted by atomic mass is 10.1. The summed E-state index contributed by atoms with van der Waals surface area (Å²) in [7, 11) is 0. The molecule has 3 amide bonds. The van der Waals surface area contributed by atoms with E-state index in [0.717, 1.165) is 18.0 Å².